The average Bonchev–Trinajstić information content (AvgIpc) is 3.21. The number of fused-ring (bicyclic) bond motifs is 2. The van der Waals surface area contributed by atoms with Crippen LogP contribution in [-0.2, 0) is 39.7 Å². The number of nitrogens with one attached hydrogen (secondary N) is 1. The number of phenols is 1. The molecule has 0 aliphatic rings. The normalized spacial score (nSPS) is 11.6. The molecule has 65 heavy (non-hydrogen) atoms. The Bertz CT molecular complexity index is 3320. The fourth-order valence-corrected chi connectivity index (χ4v) is 8.57. The number of azo groups is 1. The van der Waals surface area contributed by atoms with Crippen LogP contribution in [0.1, 0.15) is 10.4 Å². The van der Waals surface area contributed by atoms with Gasteiger partial charge in [-0.2, -0.15) is 9.32 Å². The van der Waals surface area contributed by atoms with E-state index in [0.717, 1.165) is 42.5 Å². The summed E-state index contributed by atoms with van der Waals surface area (Å²) in [6.07, 6.45) is 2.42. The fraction of sp³-hybridized carbons (Fsp3) is 0. The van der Waals surface area contributed by atoms with Crippen molar-refractivity contribution in [2.45, 2.75) is 19.6 Å². The van der Waals surface area contributed by atoms with Gasteiger partial charge in [-0.3, -0.25) is 5.04 Å². The van der Waals surface area contributed by atoms with Gasteiger partial charge in [-0.1, -0.05) is 36.4 Å². The topological polar surface area (TPSA) is 353 Å². The molecule has 22 nitrogen and oxygen atoms in total. The van der Waals surface area contributed by atoms with E-state index in [1.807, 2.05) is 0 Å². The summed E-state index contributed by atoms with van der Waals surface area (Å²) in [6, 6.07) is 18.4. The first-order valence-electron chi connectivity index (χ1n) is 16.5. The Balaban J connectivity index is 0.00000281. The Kier molecular flexibility index (Phi) is 20.2. The maximum atomic E-state index is 13.0. The van der Waals surface area contributed by atoms with Crippen molar-refractivity contribution in [2.24, 2.45) is 10.2 Å². The third-order valence-corrected chi connectivity index (χ3v) is 11.8. The van der Waals surface area contributed by atoms with Crippen molar-refractivity contribution in [2.75, 3.05) is 5.32 Å². The van der Waals surface area contributed by atoms with E-state index in [9.17, 15) is 59.2 Å². The fourth-order valence-electron chi connectivity index (χ4n) is 5.92. The second-order valence-electron chi connectivity index (χ2n) is 12.2. The second-order valence-corrected chi connectivity index (χ2v) is 17.0. The van der Waals surface area contributed by atoms with E-state index < -0.39 is 90.1 Å². The van der Waals surface area contributed by atoms with E-state index >= 15 is 0 Å². The SMILES string of the molecule is O=C([O-])c1cc[n+](-c2nc(Nc3ccc4c(O)c(N=Nc5ccc6ccccc6c5S(=O)(=O)[O-])c(SOO[O-])cc4c3S(=O)(=O)[O-])nc(-c3cccc(S(=O)(=O)[O-])c3)n2)cc1.[Na+].[Na+].[Na+].[Na+]. The zero-order valence-corrected chi connectivity index (χ0v) is 45.1. The predicted molar refractivity (Wildman–Crippen MR) is 200 cm³/mol. The number of carbonyl (C=O) groups is 1. The molecule has 0 fully saturated rings. The van der Waals surface area contributed by atoms with E-state index in [-0.39, 0.29) is 164 Å². The summed E-state index contributed by atoms with van der Waals surface area (Å²) in [7, 11) is -15.7. The number of rotatable bonds is 13. The van der Waals surface area contributed by atoms with Gasteiger partial charge in [-0.25, -0.2) is 29.8 Å². The zero-order valence-electron chi connectivity index (χ0n) is 33.8. The Hall–Kier alpha value is -2.59. The van der Waals surface area contributed by atoms with Crippen molar-refractivity contribution >= 4 is 92.9 Å². The molecule has 0 radical (unpaired) electrons. The van der Waals surface area contributed by atoms with Crippen LogP contribution in [0.5, 0.6) is 5.75 Å². The van der Waals surface area contributed by atoms with Crippen LogP contribution in [0.3, 0.4) is 0 Å². The summed E-state index contributed by atoms with van der Waals surface area (Å²) in [5.41, 5.74) is -1.83. The number of hydrogen-bond donors (Lipinski definition) is 2. The van der Waals surface area contributed by atoms with E-state index in [1.165, 1.54) is 53.4 Å². The molecule has 0 saturated carbocycles. The monoisotopic (exact) mass is 997 g/mol. The summed E-state index contributed by atoms with van der Waals surface area (Å²) in [4.78, 5) is 21.2. The standard InChI is InChI=1S/C35H23N7O15S4.4Na/c43-29-23-9-11-25(36-34-37-32(20-5-3-6-21(16-20)59(47,48)49)38-35(39-34)42-14-12-19(13-15-42)33(44)45)31(61(53,54)55)24(23)17-27(58-57-56-46)28(29)41-40-26-10-8-18-4-1-2-7-22(18)30(26)60(50,51)52;;;;/h1-17H,(H6-,36,37,38,39,40,43,44,45,46,47,48,49,50,51,52,53,54,55);;;;/q;4*+1/p-4. The van der Waals surface area contributed by atoms with Crippen molar-refractivity contribution in [3.05, 3.63) is 109 Å². The molecule has 7 aromatic rings. The van der Waals surface area contributed by atoms with Gasteiger partial charge in [-0.05, 0) is 70.0 Å². The van der Waals surface area contributed by atoms with Gasteiger partial charge in [0.25, 0.3) is 0 Å². The molecule has 0 aliphatic carbocycles. The Morgan fingerprint density at radius 2 is 1.40 bits per heavy atom. The minimum absolute atomic E-state index is 0. The number of carbonyl (C=O) groups excluding carboxylic acids is 1. The van der Waals surface area contributed by atoms with Crippen LogP contribution in [-0.4, -0.2) is 64.9 Å². The van der Waals surface area contributed by atoms with Crippen molar-refractivity contribution in [1.82, 2.24) is 15.0 Å². The van der Waals surface area contributed by atoms with Gasteiger partial charge >= 0.3 is 130 Å². The minimum atomic E-state index is -5.57. The largest absolute Gasteiger partial charge is 1.00 e. The van der Waals surface area contributed by atoms with E-state index in [4.69, 9.17) is 0 Å². The van der Waals surface area contributed by atoms with Gasteiger partial charge in [0.05, 0.1) is 55.7 Å². The average molecular weight is 998 g/mol. The molecule has 2 N–H and O–H groups in total. The third kappa shape index (κ3) is 12.9. The first-order valence-corrected chi connectivity index (χ1v) is 21.4. The molecule has 0 saturated heterocycles. The molecule has 0 amide bonds. The molecule has 2 heterocycles. The first-order chi connectivity index (χ1) is 28.8. The summed E-state index contributed by atoms with van der Waals surface area (Å²) >= 11 is 0.0702. The summed E-state index contributed by atoms with van der Waals surface area (Å²) in [6.45, 7) is 0. The van der Waals surface area contributed by atoms with Crippen molar-refractivity contribution < 1.29 is 191 Å². The number of hydrogen-bond acceptors (Lipinski definition) is 22. The van der Waals surface area contributed by atoms with Gasteiger partial charge in [0.15, 0.2) is 5.75 Å². The van der Waals surface area contributed by atoms with Gasteiger partial charge in [0.2, 0.25) is 5.82 Å². The van der Waals surface area contributed by atoms with Crippen molar-refractivity contribution in [3.63, 3.8) is 0 Å². The van der Waals surface area contributed by atoms with Crippen LogP contribution < -0.4 is 138 Å². The van der Waals surface area contributed by atoms with Gasteiger partial charge in [0, 0.05) is 27.3 Å². The van der Waals surface area contributed by atoms with Crippen LogP contribution in [0.15, 0.2) is 133 Å². The number of phenolic OH excluding ortho intramolecular Hbond substituents is 1. The quantitative estimate of drug-likeness (QED) is 0.0206. The van der Waals surface area contributed by atoms with Crippen molar-refractivity contribution in [3.8, 4) is 23.1 Å². The number of anilines is 2. The Morgan fingerprint density at radius 1 is 0.723 bits per heavy atom. The molecule has 7 rings (SSSR count). The smallest absolute Gasteiger partial charge is 0.744 e. The number of carboxylic acids is 1. The van der Waals surface area contributed by atoms with Gasteiger partial charge in [0.1, 0.15) is 41.7 Å². The maximum Gasteiger partial charge on any atom is 1.00 e. The van der Waals surface area contributed by atoms with E-state index in [2.05, 4.69) is 39.9 Å². The number of aromatic nitrogens is 4. The van der Waals surface area contributed by atoms with Crippen LogP contribution in [0.4, 0.5) is 23.0 Å². The molecule has 30 heteroatoms. The third-order valence-electron chi connectivity index (χ3n) is 8.50. The Labute approximate surface area is 460 Å². The van der Waals surface area contributed by atoms with Crippen LogP contribution in [0.25, 0.3) is 38.9 Å². The summed E-state index contributed by atoms with van der Waals surface area (Å²) in [5.74, 6) is -3.46. The molecule has 0 aliphatic heterocycles. The number of aromatic carboxylic acids is 1. The minimum Gasteiger partial charge on any atom is -0.744 e. The molecule has 0 unspecified atom stereocenters. The number of pyridine rings is 1. The van der Waals surface area contributed by atoms with Crippen LogP contribution >= 0.6 is 12.0 Å². The van der Waals surface area contributed by atoms with E-state index in [0.29, 0.717) is 5.39 Å². The van der Waals surface area contributed by atoms with Crippen LogP contribution in [0.2, 0.25) is 0 Å². The van der Waals surface area contributed by atoms with Crippen LogP contribution in [0, 0.1) is 0 Å². The maximum absolute atomic E-state index is 13.0. The summed E-state index contributed by atoms with van der Waals surface area (Å²) in [5, 5.41) is 46.9. The second kappa shape index (κ2) is 23.1. The number of benzene rings is 5. The molecule has 0 spiro atoms. The molecule has 0 atom stereocenters. The molecule has 5 aromatic carbocycles. The molecule has 312 valence electrons. The molecular formula is C35H19N7Na4O15S4. The number of carboxylic acid groups (broad SMARTS) is 1. The first kappa shape index (κ1) is 56.7. The van der Waals surface area contributed by atoms with Crippen molar-refractivity contribution in [1.29, 1.82) is 0 Å². The molecular weight excluding hydrogens is 979 g/mol. The van der Waals surface area contributed by atoms with Gasteiger partial charge < -0.3 is 39.2 Å². The Morgan fingerprint density at radius 3 is 2.03 bits per heavy atom. The number of aromatic hydroxyl groups is 1. The zero-order chi connectivity index (χ0) is 43.9. The van der Waals surface area contributed by atoms with Gasteiger partial charge in [-0.15, -0.1) is 10.2 Å². The number of nitrogens with zero attached hydrogens (tertiary/aromatic N) is 6. The molecule has 2 aromatic heterocycles. The summed E-state index contributed by atoms with van der Waals surface area (Å²) < 4.78 is 117. The molecule has 0 bridgehead atoms. The predicted octanol–water partition coefficient (Wildman–Crippen LogP) is -9.69. The van der Waals surface area contributed by atoms with E-state index in [1.54, 1.807) is 12.1 Å².